The highest BCUT2D eigenvalue weighted by molar-refractivity contribution is 14.1. The average molecular weight is 713 g/mol. The topological polar surface area (TPSA) is 115 Å². The summed E-state index contributed by atoms with van der Waals surface area (Å²) < 4.78 is 18.1. The first-order chi connectivity index (χ1) is 20.8. The van der Waals surface area contributed by atoms with E-state index in [-0.39, 0.29) is 5.60 Å². The molecular formula is C34H41IN4O5. The maximum Gasteiger partial charge on any atom is 0.408 e. The Morgan fingerprint density at radius 3 is 2.25 bits per heavy atom. The van der Waals surface area contributed by atoms with Gasteiger partial charge in [0.25, 0.3) is 0 Å². The largest absolute Gasteiger partial charge is 0.491 e. The number of benzene rings is 3. The van der Waals surface area contributed by atoms with Gasteiger partial charge in [0, 0.05) is 3.57 Å². The number of aromatic nitrogens is 2. The van der Waals surface area contributed by atoms with Gasteiger partial charge in [0.1, 0.15) is 29.8 Å². The third-order valence-electron chi connectivity index (χ3n) is 6.42. The lowest BCUT2D eigenvalue weighted by Gasteiger charge is -2.25. The van der Waals surface area contributed by atoms with Gasteiger partial charge in [-0.2, -0.15) is 0 Å². The zero-order chi connectivity index (χ0) is 31.9. The molecule has 10 heteroatoms. The number of fused-ring (bicyclic) bond motifs is 1. The van der Waals surface area contributed by atoms with Gasteiger partial charge in [-0.05, 0) is 112 Å². The molecule has 3 N–H and O–H groups in total. The number of hydrogen-bond acceptors (Lipinski definition) is 6. The summed E-state index contributed by atoms with van der Waals surface area (Å²) in [4.78, 5) is 35.1. The molecule has 2 atom stereocenters. The van der Waals surface area contributed by atoms with E-state index in [4.69, 9.17) is 19.2 Å². The fourth-order valence-electron chi connectivity index (χ4n) is 4.47. The van der Waals surface area contributed by atoms with Crippen LogP contribution in [0.2, 0.25) is 0 Å². The van der Waals surface area contributed by atoms with Crippen LogP contribution in [0.3, 0.4) is 0 Å². The zero-order valence-corrected chi connectivity index (χ0v) is 28.2. The number of ether oxygens (including phenoxy) is 3. The van der Waals surface area contributed by atoms with E-state index in [9.17, 15) is 9.59 Å². The van der Waals surface area contributed by atoms with Crippen LogP contribution >= 0.6 is 22.6 Å². The molecule has 3 aromatic carbocycles. The molecule has 2 amide bonds. The first kappa shape index (κ1) is 33.3. The van der Waals surface area contributed by atoms with Crippen LogP contribution in [-0.4, -0.2) is 46.4 Å². The fraction of sp³-hybridized carbons (Fsp3) is 0.382. The van der Waals surface area contributed by atoms with Crippen LogP contribution < -0.4 is 15.4 Å². The molecule has 0 aliphatic heterocycles. The van der Waals surface area contributed by atoms with Crippen molar-refractivity contribution in [1.29, 1.82) is 0 Å². The molecule has 1 aromatic heterocycles. The van der Waals surface area contributed by atoms with Gasteiger partial charge in [0.15, 0.2) is 0 Å². The minimum absolute atomic E-state index is 0.250. The minimum Gasteiger partial charge on any atom is -0.491 e. The van der Waals surface area contributed by atoms with Crippen molar-refractivity contribution in [3.05, 3.63) is 93.3 Å². The molecule has 0 radical (unpaired) electrons. The quantitative estimate of drug-likeness (QED) is 0.114. The van der Waals surface area contributed by atoms with Crippen molar-refractivity contribution in [3.63, 3.8) is 0 Å². The first-order valence-electron chi connectivity index (χ1n) is 14.6. The van der Waals surface area contributed by atoms with Crippen LogP contribution in [0.15, 0.2) is 72.8 Å². The number of aromatic amines is 1. The van der Waals surface area contributed by atoms with Crippen molar-refractivity contribution in [2.24, 2.45) is 0 Å². The summed E-state index contributed by atoms with van der Waals surface area (Å²) in [6.07, 6.45) is -0.207. The van der Waals surface area contributed by atoms with Gasteiger partial charge in [-0.25, -0.2) is 9.78 Å². The molecule has 0 fully saturated rings. The van der Waals surface area contributed by atoms with E-state index in [0.29, 0.717) is 36.8 Å². The molecular weight excluding hydrogens is 671 g/mol. The Hall–Kier alpha value is -3.64. The predicted molar refractivity (Wildman–Crippen MR) is 180 cm³/mol. The number of amides is 2. The van der Waals surface area contributed by atoms with E-state index in [0.717, 1.165) is 20.2 Å². The van der Waals surface area contributed by atoms with Gasteiger partial charge in [-0.1, -0.05) is 42.5 Å². The van der Waals surface area contributed by atoms with E-state index < -0.39 is 29.7 Å². The van der Waals surface area contributed by atoms with E-state index in [2.05, 4.69) is 38.2 Å². The van der Waals surface area contributed by atoms with E-state index in [1.54, 1.807) is 45.0 Å². The van der Waals surface area contributed by atoms with Crippen molar-refractivity contribution in [3.8, 4) is 5.75 Å². The molecule has 234 valence electrons. The van der Waals surface area contributed by atoms with Gasteiger partial charge >= 0.3 is 6.09 Å². The molecule has 4 aromatic rings. The smallest absolute Gasteiger partial charge is 0.408 e. The Bertz CT molecular complexity index is 1540. The zero-order valence-electron chi connectivity index (χ0n) is 26.1. The predicted octanol–water partition coefficient (Wildman–Crippen LogP) is 7.03. The monoisotopic (exact) mass is 712 g/mol. The van der Waals surface area contributed by atoms with Crippen LogP contribution in [0.4, 0.5) is 4.79 Å². The van der Waals surface area contributed by atoms with Crippen LogP contribution in [-0.2, 0) is 20.7 Å². The second-order valence-electron chi connectivity index (χ2n) is 12.5. The Balaban J connectivity index is 1.58. The third-order valence-corrected chi connectivity index (χ3v) is 7.09. The summed E-state index contributed by atoms with van der Waals surface area (Å²) in [5, 5.41) is 5.91. The lowest BCUT2D eigenvalue weighted by atomic mass is 10.0. The average Bonchev–Trinajstić information content (AvgIpc) is 3.36. The lowest BCUT2D eigenvalue weighted by molar-refractivity contribution is -0.124. The Kier molecular flexibility index (Phi) is 10.9. The van der Waals surface area contributed by atoms with Gasteiger partial charge in [-0.15, -0.1) is 0 Å². The maximum atomic E-state index is 14.0. The standard InChI is InChI=1S/C34H41IN4O5/c1-33(2,3)43-19-18-42-25-15-12-23(13-16-25)29(39-32(41)44-34(4,5)6)31(40)38-28(20-22-10-8-7-9-11-22)30-36-26-17-14-24(35)21-27(26)37-30/h7-17,21,28-29H,18-20H2,1-6H3,(H,36,37)(H,38,40)(H,39,41)/t28-,29+/m0/s1. The number of alkyl carbamates (subject to hydrolysis) is 1. The Labute approximate surface area is 272 Å². The highest BCUT2D eigenvalue weighted by Gasteiger charge is 2.29. The molecule has 0 unspecified atom stereocenters. The number of H-pyrrole nitrogens is 1. The van der Waals surface area contributed by atoms with Gasteiger partial charge in [0.2, 0.25) is 5.91 Å². The molecule has 0 bridgehead atoms. The highest BCUT2D eigenvalue weighted by Crippen LogP contribution is 2.24. The first-order valence-corrected chi connectivity index (χ1v) is 15.7. The highest BCUT2D eigenvalue weighted by atomic mass is 127. The molecule has 4 rings (SSSR count). The van der Waals surface area contributed by atoms with Gasteiger partial charge in [0.05, 0.1) is 29.3 Å². The second-order valence-corrected chi connectivity index (χ2v) is 13.7. The van der Waals surface area contributed by atoms with Crippen LogP contribution in [0.1, 0.15) is 70.6 Å². The number of imidazole rings is 1. The summed E-state index contributed by atoms with van der Waals surface area (Å²) in [6.45, 7) is 12.1. The van der Waals surface area contributed by atoms with Crippen LogP contribution in [0, 0.1) is 3.57 Å². The summed E-state index contributed by atoms with van der Waals surface area (Å²) in [5.74, 6) is 0.845. The molecule has 0 aliphatic rings. The molecule has 0 saturated carbocycles. The number of carbonyl (C=O) groups excluding carboxylic acids is 2. The van der Waals surface area contributed by atoms with Gasteiger partial charge in [-0.3, -0.25) is 4.79 Å². The maximum absolute atomic E-state index is 14.0. The fourth-order valence-corrected chi connectivity index (χ4v) is 4.95. The number of halogens is 1. The number of carbonyl (C=O) groups is 2. The van der Waals surface area contributed by atoms with Crippen molar-refractivity contribution in [2.45, 2.75) is 71.2 Å². The third kappa shape index (κ3) is 10.2. The normalized spacial score (nSPS) is 13.2. The van der Waals surface area contributed by atoms with Crippen molar-refractivity contribution in [1.82, 2.24) is 20.6 Å². The van der Waals surface area contributed by atoms with E-state index in [1.807, 2.05) is 69.3 Å². The second kappa shape index (κ2) is 14.4. The molecule has 1 heterocycles. The SMILES string of the molecule is CC(C)(C)OCCOc1ccc([C@@H](NC(=O)OC(C)(C)C)C(=O)N[C@@H](Cc2ccccc2)c2nc3cc(I)ccc3[nH]2)cc1. The molecule has 0 aliphatic carbocycles. The van der Waals surface area contributed by atoms with Crippen molar-refractivity contribution < 1.29 is 23.8 Å². The number of nitrogens with zero attached hydrogens (tertiary/aromatic N) is 1. The molecule has 0 saturated heterocycles. The molecule has 44 heavy (non-hydrogen) atoms. The van der Waals surface area contributed by atoms with E-state index >= 15 is 0 Å². The number of hydrogen-bond donors (Lipinski definition) is 3. The summed E-state index contributed by atoms with van der Waals surface area (Å²) >= 11 is 2.25. The lowest BCUT2D eigenvalue weighted by Crippen LogP contribution is -2.44. The summed E-state index contributed by atoms with van der Waals surface area (Å²) in [5.41, 5.74) is 2.30. The minimum atomic E-state index is -1.04. The van der Waals surface area contributed by atoms with Crippen LogP contribution in [0.5, 0.6) is 5.75 Å². The molecule has 9 nitrogen and oxygen atoms in total. The molecule has 0 spiro atoms. The van der Waals surface area contributed by atoms with Crippen LogP contribution in [0.25, 0.3) is 11.0 Å². The Morgan fingerprint density at radius 2 is 1.59 bits per heavy atom. The Morgan fingerprint density at radius 1 is 0.886 bits per heavy atom. The number of nitrogens with one attached hydrogen (secondary N) is 3. The number of rotatable bonds is 11. The van der Waals surface area contributed by atoms with Crippen molar-refractivity contribution >= 4 is 45.6 Å². The van der Waals surface area contributed by atoms with Crippen molar-refractivity contribution in [2.75, 3.05) is 13.2 Å². The van der Waals surface area contributed by atoms with E-state index in [1.165, 1.54) is 0 Å². The van der Waals surface area contributed by atoms with Gasteiger partial charge < -0.3 is 29.8 Å². The summed E-state index contributed by atoms with van der Waals surface area (Å²) in [7, 11) is 0. The summed E-state index contributed by atoms with van der Waals surface area (Å²) in [6, 6.07) is 21.4.